The normalized spacial score (nSPS) is 16.1. The average Bonchev–Trinajstić information content (AvgIpc) is 2.88. The molecule has 0 aliphatic carbocycles. The molecular formula is C17H19N5. The quantitative estimate of drug-likeness (QED) is 0.744. The molecule has 1 saturated heterocycles. The summed E-state index contributed by atoms with van der Waals surface area (Å²) < 4.78 is 2.07. The molecule has 5 heteroatoms. The van der Waals surface area contributed by atoms with E-state index in [4.69, 9.17) is 4.98 Å². The molecule has 1 aliphatic heterocycles. The van der Waals surface area contributed by atoms with E-state index in [-0.39, 0.29) is 0 Å². The summed E-state index contributed by atoms with van der Waals surface area (Å²) in [5.74, 6) is 0. The van der Waals surface area contributed by atoms with Crippen LogP contribution in [0.3, 0.4) is 0 Å². The monoisotopic (exact) mass is 293 g/mol. The third kappa shape index (κ3) is 2.37. The Bertz CT molecular complexity index is 817. The number of aromatic nitrogens is 4. The van der Waals surface area contributed by atoms with Crippen LogP contribution in [0, 0.1) is 13.8 Å². The molecule has 0 N–H and O–H groups in total. The van der Waals surface area contributed by atoms with E-state index in [1.165, 1.54) is 5.56 Å². The van der Waals surface area contributed by atoms with E-state index < -0.39 is 0 Å². The van der Waals surface area contributed by atoms with Gasteiger partial charge in [0.15, 0.2) is 0 Å². The highest BCUT2D eigenvalue weighted by Gasteiger charge is 2.29. The Labute approximate surface area is 129 Å². The maximum atomic E-state index is 4.77. The summed E-state index contributed by atoms with van der Waals surface area (Å²) in [6.45, 7) is 7.03. The van der Waals surface area contributed by atoms with E-state index in [9.17, 15) is 0 Å². The third-order valence-electron chi connectivity index (χ3n) is 4.26. The van der Waals surface area contributed by atoms with Crippen molar-refractivity contribution in [3.63, 3.8) is 0 Å². The van der Waals surface area contributed by atoms with E-state index in [1.54, 1.807) is 0 Å². The fraction of sp³-hybridized carbons (Fsp3) is 0.353. The summed E-state index contributed by atoms with van der Waals surface area (Å²) in [7, 11) is 0. The van der Waals surface area contributed by atoms with Crippen molar-refractivity contribution in [2.45, 2.75) is 26.4 Å². The van der Waals surface area contributed by atoms with Crippen LogP contribution in [-0.4, -0.2) is 37.7 Å². The van der Waals surface area contributed by atoms with Crippen molar-refractivity contribution in [3.8, 4) is 0 Å². The van der Waals surface area contributed by atoms with E-state index in [1.807, 2.05) is 37.4 Å². The number of hydrogen-bond acceptors (Lipinski definition) is 4. The zero-order valence-corrected chi connectivity index (χ0v) is 12.9. The molecule has 0 amide bonds. The number of rotatable bonds is 3. The molecule has 4 rings (SSSR count). The standard InChI is InChI=1S/C17H19N5/c1-12-7-18-22(8-12)14-9-21(10-14)11-17-13(2)19-15-5-3-4-6-16(15)20-17/h3-8,14H,9-11H2,1-2H3. The van der Waals surface area contributed by atoms with Crippen LogP contribution in [0.1, 0.15) is 23.0 Å². The van der Waals surface area contributed by atoms with Gasteiger partial charge in [-0.05, 0) is 31.5 Å². The number of aryl methyl sites for hydroxylation is 2. The van der Waals surface area contributed by atoms with Crippen molar-refractivity contribution in [1.82, 2.24) is 24.6 Å². The Kier molecular flexibility index (Phi) is 3.15. The molecule has 1 fully saturated rings. The third-order valence-corrected chi connectivity index (χ3v) is 4.26. The predicted molar refractivity (Wildman–Crippen MR) is 85.6 cm³/mol. The van der Waals surface area contributed by atoms with Gasteiger partial charge >= 0.3 is 0 Å². The molecule has 0 atom stereocenters. The van der Waals surface area contributed by atoms with Gasteiger partial charge in [-0.25, -0.2) is 9.97 Å². The highest BCUT2D eigenvalue weighted by molar-refractivity contribution is 5.74. The van der Waals surface area contributed by atoms with Crippen LogP contribution in [-0.2, 0) is 6.54 Å². The van der Waals surface area contributed by atoms with E-state index in [0.29, 0.717) is 6.04 Å². The molecule has 0 unspecified atom stereocenters. The molecule has 2 aromatic heterocycles. The van der Waals surface area contributed by atoms with Gasteiger partial charge in [0.05, 0.1) is 34.7 Å². The van der Waals surface area contributed by atoms with Crippen LogP contribution in [0.4, 0.5) is 0 Å². The van der Waals surface area contributed by atoms with Crippen molar-refractivity contribution < 1.29 is 0 Å². The van der Waals surface area contributed by atoms with Gasteiger partial charge in [0.25, 0.3) is 0 Å². The number of fused-ring (bicyclic) bond motifs is 1. The van der Waals surface area contributed by atoms with Gasteiger partial charge in [0.2, 0.25) is 0 Å². The maximum absolute atomic E-state index is 4.77. The van der Waals surface area contributed by atoms with Gasteiger partial charge in [-0.15, -0.1) is 0 Å². The Morgan fingerprint density at radius 3 is 2.50 bits per heavy atom. The van der Waals surface area contributed by atoms with Gasteiger partial charge in [-0.1, -0.05) is 12.1 Å². The van der Waals surface area contributed by atoms with Crippen LogP contribution in [0.25, 0.3) is 11.0 Å². The first kappa shape index (κ1) is 13.4. The van der Waals surface area contributed by atoms with Crippen molar-refractivity contribution in [3.05, 3.63) is 53.6 Å². The first-order valence-electron chi connectivity index (χ1n) is 7.64. The fourth-order valence-corrected chi connectivity index (χ4v) is 2.96. The van der Waals surface area contributed by atoms with Crippen molar-refractivity contribution in [2.75, 3.05) is 13.1 Å². The zero-order valence-electron chi connectivity index (χ0n) is 12.9. The average molecular weight is 293 g/mol. The van der Waals surface area contributed by atoms with Gasteiger partial charge in [-0.3, -0.25) is 9.58 Å². The lowest BCUT2D eigenvalue weighted by atomic mass is 10.1. The second-order valence-corrected chi connectivity index (χ2v) is 6.09. The molecule has 22 heavy (non-hydrogen) atoms. The summed E-state index contributed by atoms with van der Waals surface area (Å²) in [4.78, 5) is 11.8. The van der Waals surface area contributed by atoms with E-state index in [2.05, 4.69) is 32.8 Å². The van der Waals surface area contributed by atoms with Crippen LogP contribution in [0.5, 0.6) is 0 Å². The lowest BCUT2D eigenvalue weighted by Crippen LogP contribution is -2.47. The molecule has 0 bridgehead atoms. The van der Waals surface area contributed by atoms with Crippen LogP contribution in [0.2, 0.25) is 0 Å². The highest BCUT2D eigenvalue weighted by atomic mass is 15.4. The Hall–Kier alpha value is -2.27. The summed E-state index contributed by atoms with van der Waals surface area (Å²) in [6, 6.07) is 8.54. The summed E-state index contributed by atoms with van der Waals surface area (Å²) in [5, 5.41) is 4.40. The fourth-order valence-electron chi connectivity index (χ4n) is 2.96. The van der Waals surface area contributed by atoms with Crippen LogP contribution in [0.15, 0.2) is 36.7 Å². The molecule has 3 aromatic rings. The minimum Gasteiger partial charge on any atom is -0.293 e. The molecule has 3 heterocycles. The first-order valence-corrected chi connectivity index (χ1v) is 7.64. The van der Waals surface area contributed by atoms with Crippen molar-refractivity contribution in [1.29, 1.82) is 0 Å². The number of hydrogen-bond donors (Lipinski definition) is 0. The lowest BCUT2D eigenvalue weighted by molar-refractivity contribution is 0.0893. The van der Waals surface area contributed by atoms with Gasteiger partial charge < -0.3 is 0 Å². The first-order chi connectivity index (χ1) is 10.7. The van der Waals surface area contributed by atoms with Crippen molar-refractivity contribution >= 4 is 11.0 Å². The van der Waals surface area contributed by atoms with Gasteiger partial charge in [0.1, 0.15) is 0 Å². The van der Waals surface area contributed by atoms with Crippen LogP contribution < -0.4 is 0 Å². The minimum absolute atomic E-state index is 0.488. The Morgan fingerprint density at radius 1 is 1.09 bits per heavy atom. The van der Waals surface area contributed by atoms with Gasteiger partial charge in [0, 0.05) is 25.8 Å². The molecule has 5 nitrogen and oxygen atoms in total. The number of likely N-dealkylation sites (tertiary alicyclic amines) is 1. The minimum atomic E-state index is 0.488. The molecule has 0 radical (unpaired) electrons. The number of para-hydroxylation sites is 2. The summed E-state index contributed by atoms with van der Waals surface area (Å²) in [5.41, 5.74) is 5.26. The SMILES string of the molecule is Cc1cnn(C2CN(Cc3nc4ccccc4nc3C)C2)c1. The van der Waals surface area contributed by atoms with Crippen molar-refractivity contribution in [2.24, 2.45) is 0 Å². The second kappa shape index (κ2) is 5.18. The highest BCUT2D eigenvalue weighted by Crippen LogP contribution is 2.23. The van der Waals surface area contributed by atoms with E-state index >= 15 is 0 Å². The predicted octanol–water partition coefficient (Wildman–Crippen LogP) is 2.50. The summed E-state index contributed by atoms with van der Waals surface area (Å²) in [6.07, 6.45) is 4.03. The lowest BCUT2D eigenvalue weighted by Gasteiger charge is -2.39. The smallest absolute Gasteiger partial charge is 0.0890 e. The maximum Gasteiger partial charge on any atom is 0.0890 e. The van der Waals surface area contributed by atoms with Crippen LogP contribution >= 0.6 is 0 Å². The topological polar surface area (TPSA) is 46.8 Å². The Morgan fingerprint density at radius 2 is 1.82 bits per heavy atom. The number of nitrogens with zero attached hydrogens (tertiary/aromatic N) is 5. The zero-order chi connectivity index (χ0) is 15.1. The second-order valence-electron chi connectivity index (χ2n) is 6.09. The molecule has 0 spiro atoms. The molecule has 112 valence electrons. The van der Waals surface area contributed by atoms with E-state index in [0.717, 1.165) is 42.1 Å². The molecule has 0 saturated carbocycles. The molecular weight excluding hydrogens is 274 g/mol. The Balaban J connectivity index is 1.47. The molecule has 1 aromatic carbocycles. The summed E-state index contributed by atoms with van der Waals surface area (Å²) >= 11 is 0. The van der Waals surface area contributed by atoms with Gasteiger partial charge in [-0.2, -0.15) is 5.10 Å². The number of benzene rings is 1. The largest absolute Gasteiger partial charge is 0.293 e. The molecule has 1 aliphatic rings.